The molecule has 1 heterocycles. The van der Waals surface area contributed by atoms with Crippen LogP contribution in [0.1, 0.15) is 17.3 Å². The van der Waals surface area contributed by atoms with Crippen molar-refractivity contribution in [1.82, 2.24) is 0 Å². The molecule has 1 aromatic carbocycles. The Hall–Kier alpha value is -2.34. The topological polar surface area (TPSA) is 83.9 Å². The number of amides is 2. The normalized spacial score (nSPS) is 14.0. The van der Waals surface area contributed by atoms with Gasteiger partial charge in [0.1, 0.15) is 11.3 Å². The first-order chi connectivity index (χ1) is 9.45. The van der Waals surface area contributed by atoms with E-state index in [9.17, 15) is 14.4 Å². The van der Waals surface area contributed by atoms with Gasteiger partial charge in [0.2, 0.25) is 0 Å². The lowest BCUT2D eigenvalue weighted by molar-refractivity contribution is -0.119. The third-order valence-electron chi connectivity index (χ3n) is 2.63. The van der Waals surface area contributed by atoms with Crippen molar-refractivity contribution in [2.24, 2.45) is 0 Å². The fourth-order valence-electron chi connectivity index (χ4n) is 1.79. The molecule has 6 nitrogen and oxygen atoms in total. The highest BCUT2D eigenvalue weighted by molar-refractivity contribution is 6.37. The predicted molar refractivity (Wildman–Crippen MR) is 71.2 cm³/mol. The van der Waals surface area contributed by atoms with Gasteiger partial charge in [0.05, 0.1) is 17.3 Å². The molecule has 0 aromatic heterocycles. The van der Waals surface area contributed by atoms with E-state index in [1.165, 1.54) is 6.07 Å². The zero-order valence-corrected chi connectivity index (χ0v) is 11.2. The Morgan fingerprint density at radius 1 is 1.30 bits per heavy atom. The Bertz CT molecular complexity index is 620. The monoisotopic (exact) mass is 295 g/mol. The van der Waals surface area contributed by atoms with Crippen LogP contribution in [0.3, 0.4) is 0 Å². The summed E-state index contributed by atoms with van der Waals surface area (Å²) in [7, 11) is 0. The second-order valence-electron chi connectivity index (χ2n) is 3.88. The average Bonchev–Trinajstić information content (AvgIpc) is 2.71. The number of imide groups is 1. The number of benzene rings is 1. The van der Waals surface area contributed by atoms with E-state index in [0.29, 0.717) is 0 Å². The molecule has 0 radical (unpaired) electrons. The van der Waals surface area contributed by atoms with E-state index in [-0.39, 0.29) is 28.6 Å². The van der Waals surface area contributed by atoms with Crippen molar-refractivity contribution in [3.05, 3.63) is 34.9 Å². The van der Waals surface area contributed by atoms with Crippen LogP contribution in [0.4, 0.5) is 5.69 Å². The minimum Gasteiger partial charge on any atom is -0.493 e. The van der Waals surface area contributed by atoms with Crippen molar-refractivity contribution in [3.8, 4) is 5.75 Å². The molecule has 0 bridgehead atoms. The van der Waals surface area contributed by atoms with E-state index in [1.807, 2.05) is 0 Å². The Kier molecular flexibility index (Phi) is 3.76. The van der Waals surface area contributed by atoms with Gasteiger partial charge in [-0.3, -0.25) is 9.59 Å². The number of rotatable bonds is 4. The SMILES string of the molecule is CCOc1cc(N2C(=O)C=CC2=O)c(Cl)cc1C(=O)O. The molecule has 0 unspecified atom stereocenters. The largest absolute Gasteiger partial charge is 0.493 e. The second-order valence-corrected chi connectivity index (χ2v) is 4.29. The van der Waals surface area contributed by atoms with E-state index in [0.717, 1.165) is 23.1 Å². The number of carbonyl (C=O) groups excluding carboxylic acids is 2. The molecular weight excluding hydrogens is 286 g/mol. The molecule has 0 saturated carbocycles. The highest BCUT2D eigenvalue weighted by Crippen LogP contribution is 2.35. The number of carboxylic acids is 1. The first kappa shape index (κ1) is 14.1. The Morgan fingerprint density at radius 2 is 1.90 bits per heavy atom. The number of carbonyl (C=O) groups is 3. The summed E-state index contributed by atoms with van der Waals surface area (Å²) in [4.78, 5) is 35.2. The highest BCUT2D eigenvalue weighted by atomic mass is 35.5. The van der Waals surface area contributed by atoms with Crippen LogP contribution in [0.25, 0.3) is 0 Å². The molecule has 1 aliphatic rings. The number of halogens is 1. The standard InChI is InChI=1S/C13H10ClNO5/c1-2-20-10-6-9(8(14)5-7(10)13(18)19)15-11(16)3-4-12(15)17/h3-6H,2H2,1H3,(H,18,19). The second kappa shape index (κ2) is 5.34. The summed E-state index contributed by atoms with van der Waals surface area (Å²) in [5.41, 5.74) is -0.0345. The van der Waals surface area contributed by atoms with Crippen molar-refractivity contribution in [2.45, 2.75) is 6.92 Å². The van der Waals surface area contributed by atoms with Crippen molar-refractivity contribution >= 4 is 35.1 Å². The molecule has 2 rings (SSSR count). The summed E-state index contributed by atoms with van der Waals surface area (Å²) in [5, 5.41) is 9.06. The highest BCUT2D eigenvalue weighted by Gasteiger charge is 2.29. The fourth-order valence-corrected chi connectivity index (χ4v) is 2.04. The molecule has 20 heavy (non-hydrogen) atoms. The maximum atomic E-state index is 11.6. The van der Waals surface area contributed by atoms with Crippen LogP contribution in [-0.2, 0) is 9.59 Å². The first-order valence-electron chi connectivity index (χ1n) is 5.71. The lowest BCUT2D eigenvalue weighted by atomic mass is 10.1. The minimum atomic E-state index is -1.21. The van der Waals surface area contributed by atoms with Gasteiger partial charge in [-0.1, -0.05) is 11.6 Å². The molecule has 1 aliphatic heterocycles. The van der Waals surface area contributed by atoms with Gasteiger partial charge in [0.25, 0.3) is 11.8 Å². The van der Waals surface area contributed by atoms with Gasteiger partial charge in [-0.15, -0.1) is 0 Å². The molecule has 2 amide bonds. The van der Waals surface area contributed by atoms with Crippen LogP contribution < -0.4 is 9.64 Å². The Balaban J connectivity index is 2.55. The fraction of sp³-hybridized carbons (Fsp3) is 0.154. The number of anilines is 1. The van der Waals surface area contributed by atoms with Gasteiger partial charge < -0.3 is 9.84 Å². The van der Waals surface area contributed by atoms with Crippen molar-refractivity contribution in [1.29, 1.82) is 0 Å². The van der Waals surface area contributed by atoms with E-state index in [4.69, 9.17) is 21.4 Å². The van der Waals surface area contributed by atoms with Gasteiger partial charge in [0.15, 0.2) is 0 Å². The summed E-state index contributed by atoms with van der Waals surface area (Å²) < 4.78 is 5.21. The molecule has 1 aromatic rings. The lowest BCUT2D eigenvalue weighted by Gasteiger charge is -2.18. The van der Waals surface area contributed by atoms with Gasteiger partial charge in [-0.25, -0.2) is 9.69 Å². The van der Waals surface area contributed by atoms with Crippen molar-refractivity contribution in [2.75, 3.05) is 11.5 Å². The summed E-state index contributed by atoms with van der Waals surface area (Å²) in [5.74, 6) is -2.24. The quantitative estimate of drug-likeness (QED) is 0.857. The molecule has 7 heteroatoms. The zero-order chi connectivity index (χ0) is 14.9. The maximum Gasteiger partial charge on any atom is 0.339 e. The van der Waals surface area contributed by atoms with E-state index in [1.54, 1.807) is 6.92 Å². The van der Waals surface area contributed by atoms with Gasteiger partial charge in [-0.2, -0.15) is 0 Å². The van der Waals surface area contributed by atoms with Crippen LogP contribution in [0.15, 0.2) is 24.3 Å². The molecule has 104 valence electrons. The molecule has 1 N–H and O–H groups in total. The van der Waals surface area contributed by atoms with Crippen molar-refractivity contribution in [3.63, 3.8) is 0 Å². The minimum absolute atomic E-state index is 0.0174. The predicted octanol–water partition coefficient (Wildman–Crippen LogP) is 1.87. The molecule has 0 fully saturated rings. The van der Waals surface area contributed by atoms with Crippen LogP contribution in [0.2, 0.25) is 5.02 Å². The number of ether oxygens (including phenoxy) is 1. The molecule has 0 aliphatic carbocycles. The summed E-state index contributed by atoms with van der Waals surface area (Å²) >= 11 is 5.96. The third-order valence-corrected chi connectivity index (χ3v) is 2.93. The molecule has 0 saturated heterocycles. The van der Waals surface area contributed by atoms with Crippen molar-refractivity contribution < 1.29 is 24.2 Å². The molecule has 0 spiro atoms. The van der Waals surface area contributed by atoms with Crippen LogP contribution >= 0.6 is 11.6 Å². The van der Waals surface area contributed by atoms with E-state index >= 15 is 0 Å². The molecular formula is C13H10ClNO5. The zero-order valence-electron chi connectivity index (χ0n) is 10.4. The van der Waals surface area contributed by atoms with Crippen LogP contribution in [0.5, 0.6) is 5.75 Å². The Labute approximate surface area is 119 Å². The van der Waals surface area contributed by atoms with E-state index in [2.05, 4.69) is 0 Å². The number of aromatic carboxylic acids is 1. The molecule has 0 atom stereocenters. The lowest BCUT2D eigenvalue weighted by Crippen LogP contribution is -2.30. The number of hydrogen-bond donors (Lipinski definition) is 1. The Morgan fingerprint density at radius 3 is 2.40 bits per heavy atom. The third kappa shape index (κ3) is 2.37. The summed E-state index contributed by atoms with van der Waals surface area (Å²) in [6.07, 6.45) is 2.23. The maximum absolute atomic E-state index is 11.6. The number of hydrogen-bond acceptors (Lipinski definition) is 4. The summed E-state index contributed by atoms with van der Waals surface area (Å²) in [6.45, 7) is 1.93. The van der Waals surface area contributed by atoms with Gasteiger partial charge in [0, 0.05) is 18.2 Å². The smallest absolute Gasteiger partial charge is 0.339 e. The van der Waals surface area contributed by atoms with Gasteiger partial charge >= 0.3 is 5.97 Å². The average molecular weight is 296 g/mol. The number of nitrogens with zero attached hydrogens (tertiary/aromatic N) is 1. The van der Waals surface area contributed by atoms with Crippen LogP contribution in [0, 0.1) is 0 Å². The van der Waals surface area contributed by atoms with Gasteiger partial charge in [-0.05, 0) is 13.0 Å². The summed E-state index contributed by atoms with van der Waals surface area (Å²) in [6, 6.07) is 2.43. The first-order valence-corrected chi connectivity index (χ1v) is 6.09. The van der Waals surface area contributed by atoms with Crippen LogP contribution in [-0.4, -0.2) is 29.5 Å². The van der Waals surface area contributed by atoms with E-state index < -0.39 is 17.8 Å². The number of carboxylic acid groups (broad SMARTS) is 1.